The van der Waals surface area contributed by atoms with Crippen molar-refractivity contribution < 1.29 is 9.47 Å². The summed E-state index contributed by atoms with van der Waals surface area (Å²) in [6.07, 6.45) is 2.42. The van der Waals surface area contributed by atoms with E-state index in [-0.39, 0.29) is 0 Å². The topological polar surface area (TPSA) is 83.5 Å². The van der Waals surface area contributed by atoms with Crippen molar-refractivity contribution in [1.29, 1.82) is 0 Å². The minimum Gasteiger partial charge on any atom is -0.379 e. The highest BCUT2D eigenvalue weighted by molar-refractivity contribution is 4.69. The molecule has 0 aromatic heterocycles. The van der Waals surface area contributed by atoms with Crippen LogP contribution in [-0.2, 0) is 9.47 Å². The number of piperazine rings is 1. The number of likely N-dealkylation sites (N-methyl/N-ethyl adjacent to an activating group) is 1. The lowest BCUT2D eigenvalue weighted by molar-refractivity contribution is 0.0775. The molecule has 0 saturated carbocycles. The third-order valence-corrected chi connectivity index (χ3v) is 5.25. The van der Waals surface area contributed by atoms with Crippen molar-refractivity contribution in [3.8, 4) is 0 Å². The van der Waals surface area contributed by atoms with Crippen molar-refractivity contribution in [2.24, 2.45) is 11.5 Å². The molecule has 0 bridgehead atoms. The molecule has 1 aliphatic rings. The van der Waals surface area contributed by atoms with Crippen LogP contribution in [-0.4, -0.2) is 139 Å². The zero-order valence-corrected chi connectivity index (χ0v) is 18.5. The van der Waals surface area contributed by atoms with Crippen LogP contribution in [0.5, 0.6) is 0 Å². The van der Waals surface area contributed by atoms with Crippen LogP contribution < -0.4 is 11.5 Å². The predicted octanol–water partition coefficient (Wildman–Crippen LogP) is -0.802. The normalized spacial score (nSPS) is 16.5. The van der Waals surface area contributed by atoms with Gasteiger partial charge in [0.1, 0.15) is 0 Å². The van der Waals surface area contributed by atoms with Crippen LogP contribution in [0.2, 0.25) is 0 Å². The summed E-state index contributed by atoms with van der Waals surface area (Å²) in [5.74, 6) is 0. The van der Waals surface area contributed by atoms with E-state index >= 15 is 0 Å². The molecule has 0 amide bonds. The number of hydrogen-bond acceptors (Lipinski definition) is 8. The fourth-order valence-corrected chi connectivity index (χ4v) is 3.41. The first-order chi connectivity index (χ1) is 13.7. The van der Waals surface area contributed by atoms with Gasteiger partial charge in [-0.25, -0.2) is 0 Å². The first kappa shape index (κ1) is 25.7. The summed E-state index contributed by atoms with van der Waals surface area (Å²) in [5.41, 5.74) is 11.0. The fourth-order valence-electron chi connectivity index (χ4n) is 3.41. The average Bonchev–Trinajstić information content (AvgIpc) is 2.69. The van der Waals surface area contributed by atoms with E-state index < -0.39 is 0 Å². The molecule has 8 heteroatoms. The van der Waals surface area contributed by atoms with Crippen molar-refractivity contribution in [1.82, 2.24) is 19.6 Å². The van der Waals surface area contributed by atoms with Gasteiger partial charge in [-0.3, -0.25) is 4.90 Å². The van der Waals surface area contributed by atoms with Crippen LogP contribution in [0.1, 0.15) is 12.8 Å². The third-order valence-electron chi connectivity index (χ3n) is 5.25. The minimum absolute atomic E-state index is 0.582. The molecule has 1 saturated heterocycles. The molecule has 1 heterocycles. The molecule has 0 radical (unpaired) electrons. The summed E-state index contributed by atoms with van der Waals surface area (Å²) in [6.45, 7) is 15.2. The van der Waals surface area contributed by atoms with Gasteiger partial charge in [0.05, 0.1) is 26.4 Å². The van der Waals surface area contributed by atoms with E-state index in [1.165, 1.54) is 52.1 Å². The highest BCUT2D eigenvalue weighted by Gasteiger charge is 2.13. The van der Waals surface area contributed by atoms with Crippen LogP contribution in [0.25, 0.3) is 0 Å². The Bertz CT molecular complexity index is 331. The van der Waals surface area contributed by atoms with E-state index in [1.54, 1.807) is 0 Å². The standard InChI is InChI=1S/C20H46N6O2/c1-23(7-3-9-25-13-11-24(2)12-14-25)8-4-10-26(15-19-27-17-5-21)16-20-28-18-6-22/h3-22H2,1-2H3. The van der Waals surface area contributed by atoms with Gasteiger partial charge in [-0.15, -0.1) is 0 Å². The second-order valence-corrected chi connectivity index (χ2v) is 7.80. The summed E-state index contributed by atoms with van der Waals surface area (Å²) >= 11 is 0. The van der Waals surface area contributed by atoms with Crippen LogP contribution in [0.15, 0.2) is 0 Å². The molecule has 0 aromatic rings. The van der Waals surface area contributed by atoms with E-state index in [2.05, 4.69) is 33.7 Å². The molecule has 0 spiro atoms. The molecule has 1 rings (SSSR count). The van der Waals surface area contributed by atoms with Crippen molar-refractivity contribution >= 4 is 0 Å². The van der Waals surface area contributed by atoms with Gasteiger partial charge in [-0.1, -0.05) is 0 Å². The number of ether oxygens (including phenoxy) is 2. The average molecular weight is 403 g/mol. The van der Waals surface area contributed by atoms with Gasteiger partial charge in [0.2, 0.25) is 0 Å². The maximum Gasteiger partial charge on any atom is 0.0594 e. The maximum absolute atomic E-state index is 5.54. The summed E-state index contributed by atoms with van der Waals surface area (Å²) in [6, 6.07) is 0. The monoisotopic (exact) mass is 402 g/mol. The molecule has 28 heavy (non-hydrogen) atoms. The summed E-state index contributed by atoms with van der Waals surface area (Å²) in [5, 5.41) is 0. The lowest BCUT2D eigenvalue weighted by Gasteiger charge is -2.32. The minimum atomic E-state index is 0.582. The zero-order chi connectivity index (χ0) is 20.5. The van der Waals surface area contributed by atoms with Crippen LogP contribution in [0.4, 0.5) is 0 Å². The quantitative estimate of drug-likeness (QED) is 0.288. The number of hydrogen-bond donors (Lipinski definition) is 2. The van der Waals surface area contributed by atoms with Crippen molar-refractivity contribution in [2.45, 2.75) is 12.8 Å². The predicted molar refractivity (Wildman–Crippen MR) is 117 cm³/mol. The highest BCUT2D eigenvalue weighted by atomic mass is 16.5. The van der Waals surface area contributed by atoms with Gasteiger partial charge in [-0.2, -0.15) is 0 Å². The molecule has 0 aromatic carbocycles. The Morgan fingerprint density at radius 3 is 1.89 bits per heavy atom. The first-order valence-electron chi connectivity index (χ1n) is 11.0. The van der Waals surface area contributed by atoms with E-state index in [1.807, 2.05) is 0 Å². The Hall–Kier alpha value is -0.320. The molecule has 1 fully saturated rings. The number of nitrogens with two attached hydrogens (primary N) is 2. The Kier molecular flexibility index (Phi) is 16.1. The van der Waals surface area contributed by atoms with E-state index in [4.69, 9.17) is 20.9 Å². The lowest BCUT2D eigenvalue weighted by Crippen LogP contribution is -2.45. The Labute approximate surface area is 173 Å². The van der Waals surface area contributed by atoms with Crippen molar-refractivity contribution in [3.05, 3.63) is 0 Å². The van der Waals surface area contributed by atoms with Crippen LogP contribution in [0.3, 0.4) is 0 Å². The smallest absolute Gasteiger partial charge is 0.0594 e. The third kappa shape index (κ3) is 13.8. The van der Waals surface area contributed by atoms with Gasteiger partial charge in [0.25, 0.3) is 0 Å². The Morgan fingerprint density at radius 1 is 0.750 bits per heavy atom. The summed E-state index contributed by atoms with van der Waals surface area (Å²) in [7, 11) is 4.45. The first-order valence-corrected chi connectivity index (χ1v) is 11.0. The van der Waals surface area contributed by atoms with E-state index in [0.717, 1.165) is 39.4 Å². The van der Waals surface area contributed by atoms with Crippen LogP contribution >= 0.6 is 0 Å². The molecule has 4 N–H and O–H groups in total. The second kappa shape index (κ2) is 17.5. The van der Waals surface area contributed by atoms with Gasteiger partial charge in [0, 0.05) is 52.4 Å². The SMILES string of the molecule is CN(CCCN(CCOCCN)CCOCCN)CCCN1CCN(C)CC1. The van der Waals surface area contributed by atoms with E-state index in [0.29, 0.717) is 26.3 Å². The molecular weight excluding hydrogens is 356 g/mol. The van der Waals surface area contributed by atoms with Gasteiger partial charge in [-0.05, 0) is 53.1 Å². The lowest BCUT2D eigenvalue weighted by atomic mass is 10.3. The molecule has 0 atom stereocenters. The summed E-state index contributed by atoms with van der Waals surface area (Å²) in [4.78, 5) is 9.89. The number of nitrogens with zero attached hydrogens (tertiary/aromatic N) is 4. The Morgan fingerprint density at radius 2 is 1.32 bits per heavy atom. The molecular formula is C20H46N6O2. The largest absolute Gasteiger partial charge is 0.379 e. The molecule has 0 aliphatic carbocycles. The van der Waals surface area contributed by atoms with Crippen molar-refractivity contribution in [3.63, 3.8) is 0 Å². The number of rotatable bonds is 18. The zero-order valence-electron chi connectivity index (χ0n) is 18.5. The molecule has 1 aliphatic heterocycles. The van der Waals surface area contributed by atoms with Crippen molar-refractivity contribution in [2.75, 3.05) is 119 Å². The van der Waals surface area contributed by atoms with Crippen LogP contribution in [0, 0.1) is 0 Å². The second-order valence-electron chi connectivity index (χ2n) is 7.80. The summed E-state index contributed by atoms with van der Waals surface area (Å²) < 4.78 is 11.1. The van der Waals surface area contributed by atoms with Gasteiger partial charge >= 0.3 is 0 Å². The highest BCUT2D eigenvalue weighted by Crippen LogP contribution is 2.01. The van der Waals surface area contributed by atoms with Gasteiger partial charge < -0.3 is 35.6 Å². The molecule has 0 unspecified atom stereocenters. The van der Waals surface area contributed by atoms with E-state index in [9.17, 15) is 0 Å². The fraction of sp³-hybridized carbons (Fsp3) is 1.00. The molecule has 168 valence electrons. The van der Waals surface area contributed by atoms with Gasteiger partial charge in [0.15, 0.2) is 0 Å². The maximum atomic E-state index is 5.54. The Balaban J connectivity index is 2.11. The molecule has 8 nitrogen and oxygen atoms in total.